The highest BCUT2D eigenvalue weighted by molar-refractivity contribution is 5.46. The third-order valence-corrected chi connectivity index (χ3v) is 3.47. The first-order valence-corrected chi connectivity index (χ1v) is 7.17. The van der Waals surface area contributed by atoms with Crippen LogP contribution in [0.2, 0.25) is 0 Å². The first kappa shape index (κ1) is 13.7. The second kappa shape index (κ2) is 7.04. The molecule has 1 fully saturated rings. The molecule has 0 aliphatic heterocycles. The van der Waals surface area contributed by atoms with Crippen LogP contribution in [0, 0.1) is 11.3 Å². The summed E-state index contributed by atoms with van der Waals surface area (Å²) in [6.45, 7) is 2.52. The zero-order valence-corrected chi connectivity index (χ0v) is 11.5. The van der Waals surface area contributed by atoms with Gasteiger partial charge >= 0.3 is 0 Å². The third-order valence-electron chi connectivity index (χ3n) is 3.47. The summed E-state index contributed by atoms with van der Waals surface area (Å²) in [6.07, 6.45) is 7.62. The second-order valence-electron chi connectivity index (χ2n) is 4.94. The van der Waals surface area contributed by atoms with E-state index in [4.69, 9.17) is 14.7 Å². The predicted molar refractivity (Wildman–Crippen MR) is 74.4 cm³/mol. The lowest BCUT2D eigenvalue weighted by atomic mass is 10.1. The summed E-state index contributed by atoms with van der Waals surface area (Å²) in [7, 11) is 0. The molecule has 1 saturated carbocycles. The van der Waals surface area contributed by atoms with Crippen molar-refractivity contribution in [1.82, 2.24) is 0 Å². The average molecular weight is 259 g/mol. The zero-order chi connectivity index (χ0) is 13.5. The van der Waals surface area contributed by atoms with Crippen LogP contribution in [0.3, 0.4) is 0 Å². The molecule has 0 N–H and O–H groups in total. The molecule has 1 aromatic carbocycles. The molecule has 0 atom stereocenters. The van der Waals surface area contributed by atoms with Crippen LogP contribution in [-0.2, 0) is 0 Å². The number of nitrogens with zero attached hydrogens (tertiary/aromatic N) is 1. The van der Waals surface area contributed by atoms with Gasteiger partial charge in [0.2, 0.25) is 0 Å². The summed E-state index contributed by atoms with van der Waals surface area (Å²) in [5.74, 6) is 1.46. The van der Waals surface area contributed by atoms with Crippen LogP contribution in [0.1, 0.15) is 51.0 Å². The minimum absolute atomic E-state index is 0.287. The van der Waals surface area contributed by atoms with Crippen LogP contribution in [0.15, 0.2) is 18.2 Å². The van der Waals surface area contributed by atoms with E-state index in [0.717, 1.165) is 18.6 Å². The first-order chi connectivity index (χ1) is 9.33. The van der Waals surface area contributed by atoms with Crippen LogP contribution < -0.4 is 9.47 Å². The molecular formula is C16H21NO2. The van der Waals surface area contributed by atoms with Gasteiger partial charge in [0, 0.05) is 6.07 Å². The standard InChI is InChI=1S/C16H21NO2/c1-2-18-16-11-13(12-17)9-10-15(16)19-14-7-5-3-4-6-8-14/h9-11,14H,2-8H2,1H3. The van der Waals surface area contributed by atoms with Crippen molar-refractivity contribution in [2.24, 2.45) is 0 Å². The molecule has 0 heterocycles. The number of nitriles is 1. The Balaban J connectivity index is 2.11. The summed E-state index contributed by atoms with van der Waals surface area (Å²) < 4.78 is 11.7. The molecule has 1 aliphatic carbocycles. The fourth-order valence-corrected chi connectivity index (χ4v) is 2.48. The smallest absolute Gasteiger partial charge is 0.162 e. The number of rotatable bonds is 4. The molecular weight excluding hydrogens is 238 g/mol. The van der Waals surface area contributed by atoms with Crippen molar-refractivity contribution in [1.29, 1.82) is 5.26 Å². The zero-order valence-electron chi connectivity index (χ0n) is 11.5. The molecule has 102 valence electrons. The monoisotopic (exact) mass is 259 g/mol. The Morgan fingerprint density at radius 1 is 1.16 bits per heavy atom. The highest BCUT2D eigenvalue weighted by Crippen LogP contribution is 2.31. The van der Waals surface area contributed by atoms with Gasteiger partial charge in [-0.05, 0) is 44.7 Å². The Bertz CT molecular complexity index is 443. The molecule has 3 nitrogen and oxygen atoms in total. The van der Waals surface area contributed by atoms with Gasteiger partial charge in [0.25, 0.3) is 0 Å². The van der Waals surface area contributed by atoms with E-state index in [9.17, 15) is 0 Å². The predicted octanol–water partition coefficient (Wildman–Crippen LogP) is 4.06. The van der Waals surface area contributed by atoms with E-state index < -0.39 is 0 Å². The van der Waals surface area contributed by atoms with Gasteiger partial charge in [0.1, 0.15) is 0 Å². The van der Waals surface area contributed by atoms with Crippen LogP contribution in [0.4, 0.5) is 0 Å². The Labute approximate surface area is 115 Å². The molecule has 1 aromatic rings. The van der Waals surface area contributed by atoms with Gasteiger partial charge in [0.05, 0.1) is 24.3 Å². The van der Waals surface area contributed by atoms with Crippen molar-refractivity contribution in [3.63, 3.8) is 0 Å². The molecule has 3 heteroatoms. The fraction of sp³-hybridized carbons (Fsp3) is 0.562. The van der Waals surface area contributed by atoms with E-state index in [0.29, 0.717) is 17.9 Å². The van der Waals surface area contributed by atoms with E-state index in [1.807, 2.05) is 13.0 Å². The van der Waals surface area contributed by atoms with Crippen molar-refractivity contribution in [3.8, 4) is 17.6 Å². The van der Waals surface area contributed by atoms with Gasteiger partial charge < -0.3 is 9.47 Å². The van der Waals surface area contributed by atoms with E-state index in [1.165, 1.54) is 25.7 Å². The van der Waals surface area contributed by atoms with Crippen molar-refractivity contribution in [3.05, 3.63) is 23.8 Å². The highest BCUT2D eigenvalue weighted by Gasteiger charge is 2.16. The lowest BCUT2D eigenvalue weighted by Crippen LogP contribution is -2.15. The van der Waals surface area contributed by atoms with Gasteiger partial charge in [-0.2, -0.15) is 5.26 Å². The molecule has 19 heavy (non-hydrogen) atoms. The molecule has 1 aliphatic rings. The van der Waals surface area contributed by atoms with Gasteiger partial charge in [-0.15, -0.1) is 0 Å². The fourth-order valence-electron chi connectivity index (χ4n) is 2.48. The summed E-state index contributed by atoms with van der Waals surface area (Å²) in [5.41, 5.74) is 0.608. The Hall–Kier alpha value is -1.69. The van der Waals surface area contributed by atoms with Gasteiger partial charge in [-0.1, -0.05) is 12.8 Å². The molecule has 2 rings (SSSR count). The lowest BCUT2D eigenvalue weighted by molar-refractivity contribution is 0.173. The average Bonchev–Trinajstić information content (AvgIpc) is 2.69. The van der Waals surface area contributed by atoms with E-state index >= 15 is 0 Å². The largest absolute Gasteiger partial charge is 0.490 e. The molecule has 0 unspecified atom stereocenters. The van der Waals surface area contributed by atoms with Crippen molar-refractivity contribution in [2.75, 3.05) is 6.61 Å². The Morgan fingerprint density at radius 3 is 2.53 bits per heavy atom. The number of ether oxygens (including phenoxy) is 2. The number of benzene rings is 1. The number of hydrogen-bond acceptors (Lipinski definition) is 3. The van der Waals surface area contributed by atoms with Gasteiger partial charge in [-0.25, -0.2) is 0 Å². The quantitative estimate of drug-likeness (QED) is 0.766. The van der Waals surface area contributed by atoms with Crippen LogP contribution >= 0.6 is 0 Å². The minimum Gasteiger partial charge on any atom is -0.490 e. The first-order valence-electron chi connectivity index (χ1n) is 7.17. The van der Waals surface area contributed by atoms with Crippen molar-refractivity contribution >= 4 is 0 Å². The molecule has 0 radical (unpaired) electrons. The summed E-state index contributed by atoms with van der Waals surface area (Å²) >= 11 is 0. The number of hydrogen-bond donors (Lipinski definition) is 0. The topological polar surface area (TPSA) is 42.2 Å². The molecule has 0 saturated heterocycles. The maximum atomic E-state index is 8.93. The molecule has 0 aromatic heterocycles. The SMILES string of the molecule is CCOc1cc(C#N)ccc1OC1CCCCCC1. The van der Waals surface area contributed by atoms with E-state index in [1.54, 1.807) is 12.1 Å². The molecule has 0 spiro atoms. The van der Waals surface area contributed by atoms with E-state index in [-0.39, 0.29) is 6.10 Å². The molecule has 0 amide bonds. The molecule has 0 bridgehead atoms. The second-order valence-corrected chi connectivity index (χ2v) is 4.94. The maximum Gasteiger partial charge on any atom is 0.162 e. The van der Waals surface area contributed by atoms with Crippen LogP contribution in [0.25, 0.3) is 0 Å². The third kappa shape index (κ3) is 3.89. The van der Waals surface area contributed by atoms with Gasteiger partial charge in [-0.3, -0.25) is 0 Å². The highest BCUT2D eigenvalue weighted by atomic mass is 16.5. The Kier molecular flexibility index (Phi) is 5.09. The van der Waals surface area contributed by atoms with Crippen molar-refractivity contribution < 1.29 is 9.47 Å². The maximum absolute atomic E-state index is 8.93. The lowest BCUT2D eigenvalue weighted by Gasteiger charge is -2.19. The summed E-state index contributed by atoms with van der Waals surface area (Å²) in [4.78, 5) is 0. The van der Waals surface area contributed by atoms with Crippen molar-refractivity contribution in [2.45, 2.75) is 51.6 Å². The normalized spacial score (nSPS) is 16.4. The van der Waals surface area contributed by atoms with Crippen LogP contribution in [-0.4, -0.2) is 12.7 Å². The van der Waals surface area contributed by atoms with Crippen LogP contribution in [0.5, 0.6) is 11.5 Å². The summed E-state index contributed by atoms with van der Waals surface area (Å²) in [6, 6.07) is 7.53. The Morgan fingerprint density at radius 2 is 1.89 bits per heavy atom. The summed E-state index contributed by atoms with van der Waals surface area (Å²) in [5, 5.41) is 8.93. The minimum atomic E-state index is 0.287. The van der Waals surface area contributed by atoms with Gasteiger partial charge in [0.15, 0.2) is 11.5 Å². The van der Waals surface area contributed by atoms with E-state index in [2.05, 4.69) is 6.07 Å².